The number of nitrogens with zero attached hydrogens (tertiary/aromatic N) is 1. The number of hydrogen-bond donors (Lipinski definition) is 2. The first-order chi connectivity index (χ1) is 13.0. The van der Waals surface area contributed by atoms with Crippen LogP contribution >= 0.6 is 0 Å². The monoisotopic (exact) mass is 364 g/mol. The Morgan fingerprint density at radius 2 is 1.78 bits per heavy atom. The average Bonchev–Trinajstić information content (AvgIpc) is 2.68. The third-order valence-electron chi connectivity index (χ3n) is 4.76. The molecule has 0 saturated carbocycles. The number of fused-ring (bicyclic) bond motifs is 1. The second kappa shape index (κ2) is 8.08. The van der Waals surface area contributed by atoms with Gasteiger partial charge in [-0.05, 0) is 31.0 Å². The molecule has 5 heteroatoms. The minimum absolute atomic E-state index is 0.201. The topological polar surface area (TPSA) is 71.3 Å². The van der Waals surface area contributed by atoms with Crippen molar-refractivity contribution in [3.63, 3.8) is 0 Å². The molecule has 0 unspecified atom stereocenters. The molecule has 2 aromatic carbocycles. The zero-order valence-corrected chi connectivity index (χ0v) is 15.6. The standard InChI is InChI=1S/C22H24N2O3/c1-3-4-14-24-18-13-9-8-12-17(18)20(25)19(22(24)27)21(26)23-15(2)16-10-6-5-7-11-16/h5-13,15,25H,3-4,14H2,1-2H3,(H,23,26)/t15-/m0/s1. The Balaban J connectivity index is 2.05. The summed E-state index contributed by atoms with van der Waals surface area (Å²) in [5, 5.41) is 14.0. The van der Waals surface area contributed by atoms with E-state index in [-0.39, 0.29) is 17.4 Å². The van der Waals surface area contributed by atoms with Gasteiger partial charge < -0.3 is 15.0 Å². The number of aromatic nitrogens is 1. The van der Waals surface area contributed by atoms with E-state index in [2.05, 4.69) is 5.32 Å². The molecule has 3 rings (SSSR count). The number of carbonyl (C=O) groups is 1. The van der Waals surface area contributed by atoms with Crippen molar-refractivity contribution in [1.29, 1.82) is 0 Å². The summed E-state index contributed by atoms with van der Waals surface area (Å²) in [6.07, 6.45) is 1.74. The maximum atomic E-state index is 13.0. The third kappa shape index (κ3) is 3.72. The van der Waals surface area contributed by atoms with E-state index in [4.69, 9.17) is 0 Å². The van der Waals surface area contributed by atoms with Gasteiger partial charge in [-0.1, -0.05) is 55.8 Å². The molecule has 0 aliphatic rings. The lowest BCUT2D eigenvalue weighted by Crippen LogP contribution is -2.34. The molecule has 0 bridgehead atoms. The van der Waals surface area contributed by atoms with Crippen LogP contribution < -0.4 is 10.9 Å². The minimum atomic E-state index is -0.565. The number of nitrogens with one attached hydrogen (secondary N) is 1. The number of amides is 1. The van der Waals surface area contributed by atoms with Gasteiger partial charge in [0.1, 0.15) is 11.3 Å². The van der Waals surface area contributed by atoms with Gasteiger partial charge in [-0.25, -0.2) is 0 Å². The minimum Gasteiger partial charge on any atom is -0.506 e. The van der Waals surface area contributed by atoms with Crippen LogP contribution in [0.4, 0.5) is 0 Å². The van der Waals surface area contributed by atoms with Crippen molar-refractivity contribution in [3.05, 3.63) is 76.1 Å². The van der Waals surface area contributed by atoms with Crippen LogP contribution in [-0.4, -0.2) is 15.6 Å². The van der Waals surface area contributed by atoms with E-state index in [1.807, 2.05) is 50.2 Å². The lowest BCUT2D eigenvalue weighted by molar-refractivity contribution is 0.0935. The lowest BCUT2D eigenvalue weighted by Gasteiger charge is -2.17. The molecule has 140 valence electrons. The number of carbonyl (C=O) groups excluding carboxylic acids is 1. The highest BCUT2D eigenvalue weighted by molar-refractivity contribution is 6.02. The van der Waals surface area contributed by atoms with Crippen LogP contribution in [0, 0.1) is 0 Å². The fraction of sp³-hybridized carbons (Fsp3) is 0.273. The van der Waals surface area contributed by atoms with Gasteiger partial charge in [0, 0.05) is 11.9 Å². The summed E-state index contributed by atoms with van der Waals surface area (Å²) in [5.74, 6) is -0.828. The molecular formula is C22H24N2O3. The van der Waals surface area contributed by atoms with Crippen molar-refractivity contribution < 1.29 is 9.90 Å². The van der Waals surface area contributed by atoms with Crippen LogP contribution in [0.3, 0.4) is 0 Å². The summed E-state index contributed by atoms with van der Waals surface area (Å²) < 4.78 is 1.58. The zero-order chi connectivity index (χ0) is 19.4. The number of unbranched alkanes of at least 4 members (excludes halogenated alkanes) is 1. The van der Waals surface area contributed by atoms with Crippen LogP contribution in [0.5, 0.6) is 5.75 Å². The van der Waals surface area contributed by atoms with Crippen molar-refractivity contribution in [2.45, 2.75) is 39.3 Å². The molecule has 0 fully saturated rings. The predicted molar refractivity (Wildman–Crippen MR) is 107 cm³/mol. The molecule has 1 amide bonds. The van der Waals surface area contributed by atoms with Gasteiger partial charge in [-0.2, -0.15) is 0 Å². The first-order valence-electron chi connectivity index (χ1n) is 9.25. The highest BCUT2D eigenvalue weighted by Gasteiger charge is 2.23. The average molecular weight is 364 g/mol. The number of benzene rings is 2. The summed E-state index contributed by atoms with van der Waals surface area (Å²) in [7, 11) is 0. The SMILES string of the molecule is CCCCn1c(=O)c(C(=O)N[C@@H](C)c2ccccc2)c(O)c2ccccc21. The molecule has 0 saturated heterocycles. The normalized spacial score (nSPS) is 12.1. The zero-order valence-electron chi connectivity index (χ0n) is 15.6. The van der Waals surface area contributed by atoms with Gasteiger partial charge in [0.2, 0.25) is 0 Å². The summed E-state index contributed by atoms with van der Waals surface area (Å²) in [4.78, 5) is 25.9. The molecule has 5 nitrogen and oxygen atoms in total. The molecule has 27 heavy (non-hydrogen) atoms. The Hall–Kier alpha value is -3.08. The predicted octanol–water partition coefficient (Wildman–Crippen LogP) is 4.00. The van der Waals surface area contributed by atoms with E-state index >= 15 is 0 Å². The van der Waals surface area contributed by atoms with E-state index in [9.17, 15) is 14.7 Å². The van der Waals surface area contributed by atoms with Crippen LogP contribution in [-0.2, 0) is 6.54 Å². The van der Waals surface area contributed by atoms with Crippen molar-refractivity contribution in [1.82, 2.24) is 9.88 Å². The molecule has 2 N–H and O–H groups in total. The third-order valence-corrected chi connectivity index (χ3v) is 4.76. The van der Waals surface area contributed by atoms with Crippen LogP contribution in [0.25, 0.3) is 10.9 Å². The van der Waals surface area contributed by atoms with E-state index in [0.29, 0.717) is 17.4 Å². The number of pyridine rings is 1. The number of rotatable bonds is 6. The number of para-hydroxylation sites is 1. The Kier molecular flexibility index (Phi) is 5.60. The summed E-state index contributed by atoms with van der Waals surface area (Å²) in [5.41, 5.74) is 0.906. The molecule has 1 heterocycles. The Labute approximate surface area is 158 Å². The first kappa shape index (κ1) is 18.7. The smallest absolute Gasteiger partial charge is 0.267 e. The van der Waals surface area contributed by atoms with Crippen molar-refractivity contribution in [2.24, 2.45) is 0 Å². The molecule has 0 radical (unpaired) electrons. The van der Waals surface area contributed by atoms with Crippen molar-refractivity contribution in [2.75, 3.05) is 0 Å². The first-order valence-corrected chi connectivity index (χ1v) is 9.25. The quantitative estimate of drug-likeness (QED) is 0.694. The molecule has 1 aromatic heterocycles. The van der Waals surface area contributed by atoms with Gasteiger partial charge in [-0.15, -0.1) is 0 Å². The van der Waals surface area contributed by atoms with Crippen molar-refractivity contribution >= 4 is 16.8 Å². The Morgan fingerprint density at radius 3 is 2.48 bits per heavy atom. The van der Waals surface area contributed by atoms with E-state index in [1.165, 1.54) is 0 Å². The lowest BCUT2D eigenvalue weighted by atomic mass is 10.1. The second-order valence-corrected chi connectivity index (χ2v) is 6.66. The summed E-state index contributed by atoms with van der Waals surface area (Å²) in [6.45, 7) is 4.40. The fourth-order valence-electron chi connectivity index (χ4n) is 3.23. The van der Waals surface area contributed by atoms with Crippen LogP contribution in [0.15, 0.2) is 59.4 Å². The molecule has 0 spiro atoms. The van der Waals surface area contributed by atoms with E-state index in [1.54, 1.807) is 22.8 Å². The molecular weight excluding hydrogens is 340 g/mol. The summed E-state index contributed by atoms with van der Waals surface area (Å²) in [6, 6.07) is 16.3. The Morgan fingerprint density at radius 1 is 1.11 bits per heavy atom. The van der Waals surface area contributed by atoms with E-state index in [0.717, 1.165) is 18.4 Å². The molecule has 3 aromatic rings. The summed E-state index contributed by atoms with van der Waals surface area (Å²) >= 11 is 0. The van der Waals surface area contributed by atoms with Gasteiger partial charge in [0.05, 0.1) is 11.6 Å². The van der Waals surface area contributed by atoms with Gasteiger partial charge in [0.25, 0.3) is 11.5 Å². The van der Waals surface area contributed by atoms with Gasteiger partial charge in [-0.3, -0.25) is 9.59 Å². The maximum Gasteiger partial charge on any atom is 0.267 e. The van der Waals surface area contributed by atoms with E-state index < -0.39 is 11.5 Å². The molecule has 0 aliphatic carbocycles. The van der Waals surface area contributed by atoms with Gasteiger partial charge in [0.15, 0.2) is 0 Å². The Bertz CT molecular complexity index is 1010. The van der Waals surface area contributed by atoms with Crippen LogP contribution in [0.1, 0.15) is 48.7 Å². The number of aryl methyl sites for hydroxylation is 1. The highest BCUT2D eigenvalue weighted by atomic mass is 16.3. The number of aromatic hydroxyl groups is 1. The second-order valence-electron chi connectivity index (χ2n) is 6.66. The maximum absolute atomic E-state index is 13.0. The van der Waals surface area contributed by atoms with Crippen molar-refractivity contribution in [3.8, 4) is 5.75 Å². The van der Waals surface area contributed by atoms with Crippen LogP contribution in [0.2, 0.25) is 0 Å². The number of hydrogen-bond acceptors (Lipinski definition) is 3. The largest absolute Gasteiger partial charge is 0.506 e. The highest BCUT2D eigenvalue weighted by Crippen LogP contribution is 2.27. The fourth-order valence-corrected chi connectivity index (χ4v) is 3.23. The van der Waals surface area contributed by atoms with Gasteiger partial charge >= 0.3 is 0 Å². The molecule has 1 atom stereocenters. The molecule has 0 aliphatic heterocycles.